The van der Waals surface area contributed by atoms with E-state index in [4.69, 9.17) is 5.73 Å². The number of rotatable bonds is 7. The molecule has 0 saturated carbocycles. The number of aryl methyl sites for hydroxylation is 1. The van der Waals surface area contributed by atoms with Gasteiger partial charge in [-0.3, -0.25) is 9.59 Å². The van der Waals surface area contributed by atoms with Gasteiger partial charge in [-0.15, -0.1) is 0 Å². The molecule has 1 unspecified atom stereocenters. The van der Waals surface area contributed by atoms with E-state index in [-0.39, 0.29) is 18.5 Å². The quantitative estimate of drug-likeness (QED) is 0.804. The van der Waals surface area contributed by atoms with E-state index in [9.17, 15) is 18.0 Å². The molecule has 132 valence electrons. The van der Waals surface area contributed by atoms with Crippen molar-refractivity contribution in [2.75, 3.05) is 6.26 Å². The zero-order valence-electron chi connectivity index (χ0n) is 13.8. The normalized spacial score (nSPS) is 13.0. The Morgan fingerprint density at radius 2 is 1.80 bits per heavy atom. The lowest BCUT2D eigenvalue weighted by Gasteiger charge is -2.12. The van der Waals surface area contributed by atoms with Crippen LogP contribution in [0.3, 0.4) is 0 Å². The molecular weight excluding hydrogens is 340 g/mol. The fourth-order valence-corrected chi connectivity index (χ4v) is 3.35. The van der Waals surface area contributed by atoms with Gasteiger partial charge >= 0.3 is 0 Å². The largest absolute Gasteiger partial charge is 0.369 e. The zero-order valence-corrected chi connectivity index (χ0v) is 14.6. The van der Waals surface area contributed by atoms with Crippen LogP contribution in [-0.4, -0.2) is 30.4 Å². The molecule has 2 aromatic rings. The standard InChI is InChI=1S/C18H20N2O4S/c1-25(23,24)16(18(19)22)10-12-20-11-9-15(13-17(20)21)8-7-14-5-3-2-4-6-14/h2-9,11,13,16H,10,12H2,1H3,(H2,19,22)/b8-7+. The SMILES string of the molecule is CS(=O)(=O)C(CCn1ccc(/C=C/c2ccccc2)cc1=O)C(N)=O. The van der Waals surface area contributed by atoms with Gasteiger partial charge < -0.3 is 10.3 Å². The molecule has 0 radical (unpaired) electrons. The van der Waals surface area contributed by atoms with Crippen molar-refractivity contribution in [2.24, 2.45) is 5.73 Å². The summed E-state index contributed by atoms with van der Waals surface area (Å²) in [6, 6.07) is 12.9. The number of pyridine rings is 1. The molecule has 1 atom stereocenters. The molecule has 2 rings (SSSR count). The van der Waals surface area contributed by atoms with Crippen molar-refractivity contribution in [2.45, 2.75) is 18.2 Å². The number of nitrogens with two attached hydrogens (primary N) is 1. The first-order valence-corrected chi connectivity index (χ1v) is 9.64. The van der Waals surface area contributed by atoms with Crippen molar-refractivity contribution in [3.05, 3.63) is 70.1 Å². The zero-order chi connectivity index (χ0) is 18.4. The molecule has 1 amide bonds. The number of nitrogens with zero attached hydrogens (tertiary/aromatic N) is 1. The molecule has 0 aliphatic rings. The number of aromatic nitrogens is 1. The van der Waals surface area contributed by atoms with Crippen LogP contribution in [0.2, 0.25) is 0 Å². The summed E-state index contributed by atoms with van der Waals surface area (Å²) in [5.74, 6) is -0.905. The molecule has 0 bridgehead atoms. The molecule has 2 N–H and O–H groups in total. The Labute approximate surface area is 146 Å². The van der Waals surface area contributed by atoms with Gasteiger partial charge in [-0.05, 0) is 23.6 Å². The van der Waals surface area contributed by atoms with Gasteiger partial charge in [0.25, 0.3) is 5.56 Å². The van der Waals surface area contributed by atoms with Crippen LogP contribution in [0.25, 0.3) is 12.2 Å². The number of amides is 1. The average molecular weight is 360 g/mol. The molecule has 25 heavy (non-hydrogen) atoms. The number of hydrogen-bond donors (Lipinski definition) is 1. The van der Waals surface area contributed by atoms with Crippen molar-refractivity contribution in [3.8, 4) is 0 Å². The van der Waals surface area contributed by atoms with Crippen molar-refractivity contribution in [1.82, 2.24) is 4.57 Å². The molecule has 1 aromatic carbocycles. The molecular formula is C18H20N2O4S. The fraction of sp³-hybridized carbons (Fsp3) is 0.222. The Bertz CT molecular complexity index is 931. The maximum absolute atomic E-state index is 12.1. The minimum absolute atomic E-state index is 0.0344. The summed E-state index contributed by atoms with van der Waals surface area (Å²) in [7, 11) is -3.60. The van der Waals surface area contributed by atoms with Gasteiger partial charge in [0.15, 0.2) is 9.84 Å². The van der Waals surface area contributed by atoms with E-state index in [0.29, 0.717) is 0 Å². The van der Waals surface area contributed by atoms with Crippen molar-refractivity contribution in [1.29, 1.82) is 0 Å². The minimum atomic E-state index is -3.60. The van der Waals surface area contributed by atoms with E-state index >= 15 is 0 Å². The predicted molar refractivity (Wildman–Crippen MR) is 98.5 cm³/mol. The van der Waals surface area contributed by atoms with Gasteiger partial charge in [0.1, 0.15) is 5.25 Å². The molecule has 1 aromatic heterocycles. The summed E-state index contributed by atoms with van der Waals surface area (Å²) in [6.07, 6.45) is 6.22. The highest BCUT2D eigenvalue weighted by atomic mass is 32.2. The van der Waals surface area contributed by atoms with Crippen LogP contribution in [0.1, 0.15) is 17.5 Å². The maximum atomic E-state index is 12.1. The molecule has 0 aliphatic carbocycles. The summed E-state index contributed by atoms with van der Waals surface area (Å²) in [4.78, 5) is 23.4. The topological polar surface area (TPSA) is 99.2 Å². The second kappa shape index (κ2) is 7.94. The highest BCUT2D eigenvalue weighted by molar-refractivity contribution is 7.92. The van der Waals surface area contributed by atoms with Crippen LogP contribution in [0.5, 0.6) is 0 Å². The van der Waals surface area contributed by atoms with E-state index in [1.165, 1.54) is 10.6 Å². The molecule has 7 heteroatoms. The van der Waals surface area contributed by atoms with Gasteiger partial charge in [0, 0.05) is 25.1 Å². The van der Waals surface area contributed by atoms with E-state index < -0.39 is 21.0 Å². The third-order valence-electron chi connectivity index (χ3n) is 3.75. The van der Waals surface area contributed by atoms with Crippen LogP contribution < -0.4 is 11.3 Å². The summed E-state index contributed by atoms with van der Waals surface area (Å²) in [5, 5.41) is -1.29. The highest BCUT2D eigenvalue weighted by Gasteiger charge is 2.26. The summed E-state index contributed by atoms with van der Waals surface area (Å²) in [6.45, 7) is 0.0994. The summed E-state index contributed by atoms with van der Waals surface area (Å²) >= 11 is 0. The maximum Gasteiger partial charge on any atom is 0.251 e. The number of hydrogen-bond acceptors (Lipinski definition) is 4. The Balaban J connectivity index is 2.11. The van der Waals surface area contributed by atoms with E-state index in [2.05, 4.69) is 0 Å². The Morgan fingerprint density at radius 3 is 2.36 bits per heavy atom. The second-order valence-corrected chi connectivity index (χ2v) is 7.97. The number of sulfone groups is 1. The molecule has 0 spiro atoms. The lowest BCUT2D eigenvalue weighted by atomic mass is 10.1. The minimum Gasteiger partial charge on any atom is -0.369 e. The Kier molecular flexibility index (Phi) is 5.93. The van der Waals surface area contributed by atoms with Gasteiger partial charge in [-0.25, -0.2) is 8.42 Å². The Hall–Kier alpha value is -2.67. The third kappa shape index (κ3) is 5.42. The highest BCUT2D eigenvalue weighted by Crippen LogP contribution is 2.08. The number of primary amides is 1. The fourth-order valence-electron chi connectivity index (χ4n) is 2.39. The van der Waals surface area contributed by atoms with Gasteiger partial charge in [0.2, 0.25) is 5.91 Å². The first-order chi connectivity index (χ1) is 11.8. The predicted octanol–water partition coefficient (Wildman–Crippen LogP) is 1.31. The molecule has 6 nitrogen and oxygen atoms in total. The van der Waals surface area contributed by atoms with Gasteiger partial charge in [-0.1, -0.05) is 42.5 Å². The van der Waals surface area contributed by atoms with Gasteiger partial charge in [0.05, 0.1) is 0 Å². The van der Waals surface area contributed by atoms with Crippen LogP contribution in [0.4, 0.5) is 0 Å². The monoisotopic (exact) mass is 360 g/mol. The van der Waals surface area contributed by atoms with E-state index in [1.807, 2.05) is 42.5 Å². The van der Waals surface area contributed by atoms with Crippen LogP contribution in [-0.2, 0) is 21.2 Å². The molecule has 0 fully saturated rings. The smallest absolute Gasteiger partial charge is 0.251 e. The average Bonchev–Trinajstić information content (AvgIpc) is 2.54. The van der Waals surface area contributed by atoms with E-state index in [1.54, 1.807) is 12.3 Å². The lowest BCUT2D eigenvalue weighted by Crippen LogP contribution is -2.37. The number of carbonyl (C=O) groups excluding carboxylic acids is 1. The first kappa shape index (κ1) is 18.7. The lowest BCUT2D eigenvalue weighted by molar-refractivity contribution is -0.117. The molecule has 0 saturated heterocycles. The van der Waals surface area contributed by atoms with Crippen molar-refractivity contribution in [3.63, 3.8) is 0 Å². The Morgan fingerprint density at radius 1 is 1.16 bits per heavy atom. The van der Waals surface area contributed by atoms with Crippen molar-refractivity contribution < 1.29 is 13.2 Å². The second-order valence-electron chi connectivity index (χ2n) is 5.74. The third-order valence-corrected chi connectivity index (χ3v) is 5.26. The summed E-state index contributed by atoms with van der Waals surface area (Å²) in [5.41, 5.74) is 6.61. The van der Waals surface area contributed by atoms with Crippen LogP contribution in [0.15, 0.2) is 53.5 Å². The van der Waals surface area contributed by atoms with E-state index in [0.717, 1.165) is 17.4 Å². The van der Waals surface area contributed by atoms with Crippen LogP contribution >= 0.6 is 0 Å². The first-order valence-electron chi connectivity index (χ1n) is 7.69. The summed E-state index contributed by atoms with van der Waals surface area (Å²) < 4.78 is 24.5. The van der Waals surface area contributed by atoms with Crippen LogP contribution in [0, 0.1) is 0 Å². The molecule has 0 aliphatic heterocycles. The number of benzene rings is 1. The van der Waals surface area contributed by atoms with Gasteiger partial charge in [-0.2, -0.15) is 0 Å². The molecule has 1 heterocycles. The van der Waals surface area contributed by atoms with Crippen molar-refractivity contribution >= 4 is 27.9 Å². The number of carbonyl (C=O) groups is 1.